The Bertz CT molecular complexity index is 656. The predicted octanol–water partition coefficient (Wildman–Crippen LogP) is 1.01. The number of sulfonamides is 1. The van der Waals surface area contributed by atoms with Gasteiger partial charge in [0.25, 0.3) is 5.69 Å². The number of nitro benzene ring substituents is 1. The van der Waals surface area contributed by atoms with Crippen LogP contribution in [0.25, 0.3) is 0 Å². The van der Waals surface area contributed by atoms with Crippen LogP contribution < -0.4 is 10.0 Å². The topological polar surface area (TPSA) is 105 Å². The Kier molecular flexibility index (Phi) is 4.99. The molecule has 0 unspecified atom stereocenters. The summed E-state index contributed by atoms with van der Waals surface area (Å²) in [4.78, 5) is 12.3. The molecule has 0 radical (unpaired) electrons. The first kappa shape index (κ1) is 16.7. The lowest BCUT2D eigenvalue weighted by molar-refractivity contribution is -0.384. The Hall–Kier alpha value is -1.71. The zero-order valence-corrected chi connectivity index (χ0v) is 13.4. The summed E-state index contributed by atoms with van der Waals surface area (Å²) in [5, 5.41) is 14.2. The molecule has 0 aromatic heterocycles. The van der Waals surface area contributed by atoms with Crippen molar-refractivity contribution in [3.05, 3.63) is 28.3 Å². The Balaban J connectivity index is 2.19. The molecule has 0 saturated heterocycles. The molecular formula is C13H20N4O4S. The van der Waals surface area contributed by atoms with Crippen LogP contribution in [0.3, 0.4) is 0 Å². The summed E-state index contributed by atoms with van der Waals surface area (Å²) < 4.78 is 26.8. The lowest BCUT2D eigenvalue weighted by Crippen LogP contribution is -2.31. The van der Waals surface area contributed by atoms with Gasteiger partial charge in [-0.3, -0.25) is 10.1 Å². The van der Waals surface area contributed by atoms with Crippen molar-refractivity contribution in [2.75, 3.05) is 32.5 Å². The van der Waals surface area contributed by atoms with Crippen molar-refractivity contribution in [3.8, 4) is 0 Å². The third-order valence-corrected chi connectivity index (χ3v) is 4.72. The number of nitrogens with one attached hydrogen (secondary N) is 2. The van der Waals surface area contributed by atoms with Crippen LogP contribution in [-0.4, -0.2) is 51.5 Å². The average Bonchev–Trinajstić information content (AvgIpc) is 3.22. The normalized spacial score (nSPS) is 15.0. The largest absolute Gasteiger partial charge is 0.377 e. The standard InChI is InChI=1S/C13H20N4O4S/c1-16(2)8-7-14-22(20,21)11-5-6-12(15-10-3-4-10)13(9-11)17(18)19/h5-6,9-10,14-15H,3-4,7-8H2,1-2H3. The second kappa shape index (κ2) is 6.59. The maximum absolute atomic E-state index is 12.2. The van der Waals surface area contributed by atoms with Gasteiger partial charge in [-0.15, -0.1) is 0 Å². The number of hydrogen-bond acceptors (Lipinski definition) is 6. The van der Waals surface area contributed by atoms with Gasteiger partial charge in [0, 0.05) is 25.2 Å². The summed E-state index contributed by atoms with van der Waals surface area (Å²) in [5.74, 6) is 0. The average molecular weight is 328 g/mol. The highest BCUT2D eigenvalue weighted by Crippen LogP contribution is 2.32. The predicted molar refractivity (Wildman–Crippen MR) is 83.5 cm³/mol. The molecule has 0 atom stereocenters. The van der Waals surface area contributed by atoms with Gasteiger partial charge in [-0.1, -0.05) is 0 Å². The minimum absolute atomic E-state index is 0.0979. The third-order valence-electron chi connectivity index (χ3n) is 3.26. The quantitative estimate of drug-likeness (QED) is 0.545. The maximum Gasteiger partial charge on any atom is 0.293 e. The third kappa shape index (κ3) is 4.39. The van der Waals surface area contributed by atoms with Crippen molar-refractivity contribution in [1.82, 2.24) is 9.62 Å². The van der Waals surface area contributed by atoms with Crippen molar-refractivity contribution < 1.29 is 13.3 Å². The molecule has 1 aromatic carbocycles. The Morgan fingerprint density at radius 3 is 2.59 bits per heavy atom. The van der Waals surface area contributed by atoms with E-state index in [0.717, 1.165) is 18.9 Å². The molecule has 2 rings (SSSR count). The first-order valence-corrected chi connectivity index (χ1v) is 8.47. The highest BCUT2D eigenvalue weighted by molar-refractivity contribution is 7.89. The summed E-state index contributed by atoms with van der Waals surface area (Å²) in [6.45, 7) is 0.786. The van der Waals surface area contributed by atoms with Gasteiger partial charge in [0.15, 0.2) is 0 Å². The van der Waals surface area contributed by atoms with E-state index < -0.39 is 14.9 Å². The zero-order chi connectivity index (χ0) is 16.3. The molecule has 0 spiro atoms. The van der Waals surface area contributed by atoms with Crippen LogP contribution in [0.5, 0.6) is 0 Å². The minimum atomic E-state index is -3.75. The lowest BCUT2D eigenvalue weighted by Gasteiger charge is -2.12. The van der Waals surface area contributed by atoms with Gasteiger partial charge in [0.2, 0.25) is 10.0 Å². The molecule has 1 fully saturated rings. The van der Waals surface area contributed by atoms with Gasteiger partial charge in [0.05, 0.1) is 9.82 Å². The van der Waals surface area contributed by atoms with Gasteiger partial charge in [-0.25, -0.2) is 13.1 Å². The second-order valence-corrected chi connectivity index (χ2v) is 7.32. The minimum Gasteiger partial charge on any atom is -0.377 e. The molecule has 0 heterocycles. The van der Waals surface area contributed by atoms with E-state index in [-0.39, 0.29) is 23.2 Å². The van der Waals surface area contributed by atoms with Crippen LogP contribution in [0.4, 0.5) is 11.4 Å². The van der Waals surface area contributed by atoms with E-state index in [1.54, 1.807) is 0 Å². The molecule has 2 N–H and O–H groups in total. The summed E-state index contributed by atoms with van der Waals surface area (Å²) in [5.41, 5.74) is 0.141. The van der Waals surface area contributed by atoms with E-state index in [9.17, 15) is 18.5 Å². The fourth-order valence-electron chi connectivity index (χ4n) is 1.89. The summed E-state index contributed by atoms with van der Waals surface area (Å²) in [7, 11) is -0.0888. The summed E-state index contributed by atoms with van der Waals surface area (Å²) in [6, 6.07) is 4.19. The van der Waals surface area contributed by atoms with Crippen molar-refractivity contribution in [2.24, 2.45) is 0 Å². The number of anilines is 1. The Morgan fingerprint density at radius 2 is 2.05 bits per heavy atom. The van der Waals surface area contributed by atoms with Crippen molar-refractivity contribution in [2.45, 2.75) is 23.8 Å². The molecule has 0 aliphatic heterocycles. The van der Waals surface area contributed by atoms with Crippen LogP contribution in [0.2, 0.25) is 0 Å². The van der Waals surface area contributed by atoms with Crippen molar-refractivity contribution in [3.63, 3.8) is 0 Å². The van der Waals surface area contributed by atoms with Gasteiger partial charge in [-0.05, 0) is 39.1 Å². The smallest absolute Gasteiger partial charge is 0.293 e. The summed E-state index contributed by atoms with van der Waals surface area (Å²) in [6.07, 6.45) is 1.95. The van der Waals surface area contributed by atoms with Crippen molar-refractivity contribution >= 4 is 21.4 Å². The van der Waals surface area contributed by atoms with Gasteiger partial charge in [-0.2, -0.15) is 0 Å². The fraction of sp³-hybridized carbons (Fsp3) is 0.538. The monoisotopic (exact) mass is 328 g/mol. The summed E-state index contributed by atoms with van der Waals surface area (Å²) >= 11 is 0. The number of likely N-dealkylation sites (N-methyl/N-ethyl adjacent to an activating group) is 1. The highest BCUT2D eigenvalue weighted by atomic mass is 32.2. The van der Waals surface area contributed by atoms with Crippen LogP contribution in [-0.2, 0) is 10.0 Å². The molecule has 1 aliphatic rings. The molecule has 0 amide bonds. The number of nitro groups is 1. The first-order chi connectivity index (χ1) is 10.3. The molecule has 1 saturated carbocycles. The van der Waals surface area contributed by atoms with Crippen LogP contribution in [0.15, 0.2) is 23.1 Å². The van der Waals surface area contributed by atoms with Crippen LogP contribution in [0, 0.1) is 10.1 Å². The molecule has 1 aromatic rings. The number of rotatable bonds is 8. The van der Waals surface area contributed by atoms with E-state index in [0.29, 0.717) is 12.2 Å². The Morgan fingerprint density at radius 1 is 1.36 bits per heavy atom. The lowest BCUT2D eigenvalue weighted by atomic mass is 10.2. The second-order valence-electron chi connectivity index (χ2n) is 5.56. The van der Waals surface area contributed by atoms with E-state index in [1.807, 2.05) is 19.0 Å². The number of nitrogens with zero attached hydrogens (tertiary/aromatic N) is 2. The molecule has 8 nitrogen and oxygen atoms in total. The van der Waals surface area contributed by atoms with Gasteiger partial charge < -0.3 is 10.2 Å². The molecular weight excluding hydrogens is 308 g/mol. The first-order valence-electron chi connectivity index (χ1n) is 6.99. The molecule has 22 heavy (non-hydrogen) atoms. The number of hydrogen-bond donors (Lipinski definition) is 2. The van der Waals surface area contributed by atoms with Crippen LogP contribution >= 0.6 is 0 Å². The van der Waals surface area contributed by atoms with E-state index in [1.165, 1.54) is 12.1 Å². The van der Waals surface area contributed by atoms with Gasteiger partial charge >= 0.3 is 0 Å². The van der Waals surface area contributed by atoms with Gasteiger partial charge in [0.1, 0.15) is 5.69 Å². The molecule has 122 valence electrons. The van der Waals surface area contributed by atoms with E-state index >= 15 is 0 Å². The molecule has 1 aliphatic carbocycles. The SMILES string of the molecule is CN(C)CCNS(=O)(=O)c1ccc(NC2CC2)c([N+](=O)[O-])c1. The molecule has 0 bridgehead atoms. The Labute approximate surface area is 129 Å². The van der Waals surface area contributed by atoms with E-state index in [4.69, 9.17) is 0 Å². The van der Waals surface area contributed by atoms with Crippen molar-refractivity contribution in [1.29, 1.82) is 0 Å². The number of benzene rings is 1. The maximum atomic E-state index is 12.2. The molecule has 9 heteroatoms. The van der Waals surface area contributed by atoms with Crippen LogP contribution in [0.1, 0.15) is 12.8 Å². The van der Waals surface area contributed by atoms with E-state index in [2.05, 4.69) is 10.0 Å². The fourth-order valence-corrected chi connectivity index (χ4v) is 2.93. The zero-order valence-electron chi connectivity index (χ0n) is 12.6. The highest BCUT2D eigenvalue weighted by Gasteiger charge is 2.26.